The first-order valence-corrected chi connectivity index (χ1v) is 12.9. The molecule has 0 bridgehead atoms. The number of aromatic amines is 1. The lowest BCUT2D eigenvalue weighted by molar-refractivity contribution is 0.267. The molecule has 0 saturated heterocycles. The van der Waals surface area contributed by atoms with Gasteiger partial charge in [-0.05, 0) is 66.8 Å². The predicted octanol–water partition coefficient (Wildman–Crippen LogP) is 4.39. The Morgan fingerprint density at radius 2 is 1.92 bits per heavy atom. The molecular weight excluding hydrogens is 448 g/mol. The van der Waals surface area contributed by atoms with E-state index in [0.717, 1.165) is 60.9 Å². The molecule has 0 atom stereocenters. The lowest BCUT2D eigenvalue weighted by Crippen LogP contribution is -2.29. The molecule has 3 aromatic heterocycles. The summed E-state index contributed by atoms with van der Waals surface area (Å²) in [5.41, 5.74) is 8.51. The Labute approximate surface area is 210 Å². The molecule has 0 unspecified atom stereocenters. The van der Waals surface area contributed by atoms with Crippen LogP contribution in [0.25, 0.3) is 28.0 Å². The summed E-state index contributed by atoms with van der Waals surface area (Å²) in [4.78, 5) is 7.40. The Hall–Kier alpha value is -3.78. The molecule has 4 heterocycles. The third kappa shape index (κ3) is 3.73. The SMILES string of the molecule is CCN1CCc2nn(-c3ccc(-c4nc(Cc5ccc6[nH]ncc6c5C5CC5)n(C)n4)cc3)cc2C1. The molecule has 36 heavy (non-hydrogen) atoms. The largest absolute Gasteiger partial charge is 0.299 e. The molecule has 0 radical (unpaired) electrons. The molecule has 1 fully saturated rings. The van der Waals surface area contributed by atoms with E-state index in [1.807, 2.05) is 22.6 Å². The van der Waals surface area contributed by atoms with E-state index in [9.17, 15) is 0 Å². The number of benzene rings is 2. The van der Waals surface area contributed by atoms with E-state index in [4.69, 9.17) is 15.2 Å². The van der Waals surface area contributed by atoms with Crippen molar-refractivity contribution in [2.24, 2.45) is 7.05 Å². The predicted molar refractivity (Wildman–Crippen MR) is 139 cm³/mol. The van der Waals surface area contributed by atoms with Crippen LogP contribution in [0.15, 0.2) is 48.8 Å². The zero-order valence-electron chi connectivity index (χ0n) is 20.8. The van der Waals surface area contributed by atoms with Crippen molar-refractivity contribution in [3.05, 3.63) is 77.0 Å². The summed E-state index contributed by atoms with van der Waals surface area (Å²) in [5.74, 6) is 2.37. The van der Waals surface area contributed by atoms with Crippen LogP contribution in [0.1, 0.15) is 53.9 Å². The highest BCUT2D eigenvalue weighted by Crippen LogP contribution is 2.45. The van der Waals surface area contributed by atoms with Crippen LogP contribution in [-0.4, -0.2) is 52.7 Å². The van der Waals surface area contributed by atoms with Gasteiger partial charge in [-0.2, -0.15) is 15.3 Å². The fourth-order valence-electron chi connectivity index (χ4n) is 5.49. The van der Waals surface area contributed by atoms with Crippen molar-refractivity contribution >= 4 is 10.9 Å². The van der Waals surface area contributed by atoms with E-state index in [1.54, 1.807) is 0 Å². The Kier molecular flexibility index (Phi) is 5.02. The van der Waals surface area contributed by atoms with Gasteiger partial charge in [0.2, 0.25) is 0 Å². The van der Waals surface area contributed by atoms with Crippen molar-refractivity contribution in [1.82, 2.24) is 39.6 Å². The molecule has 8 nitrogen and oxygen atoms in total. The zero-order chi connectivity index (χ0) is 24.2. The van der Waals surface area contributed by atoms with Gasteiger partial charge in [0, 0.05) is 55.7 Å². The molecule has 1 saturated carbocycles. The van der Waals surface area contributed by atoms with Crippen molar-refractivity contribution in [2.45, 2.75) is 45.1 Å². The first-order chi connectivity index (χ1) is 17.7. The number of fused-ring (bicyclic) bond motifs is 2. The number of hydrogen-bond donors (Lipinski definition) is 1. The molecular formula is C28H30N8. The minimum absolute atomic E-state index is 0.638. The lowest BCUT2D eigenvalue weighted by atomic mass is 9.97. The van der Waals surface area contributed by atoms with Crippen LogP contribution in [-0.2, 0) is 26.4 Å². The lowest BCUT2D eigenvalue weighted by Gasteiger charge is -2.23. The van der Waals surface area contributed by atoms with E-state index in [0.29, 0.717) is 5.92 Å². The molecule has 182 valence electrons. The first kappa shape index (κ1) is 21.5. The maximum atomic E-state index is 4.94. The number of aryl methyl sites for hydroxylation is 1. The molecule has 7 rings (SSSR count). The fraction of sp³-hybridized carbons (Fsp3) is 0.357. The number of hydrogen-bond acceptors (Lipinski definition) is 5. The molecule has 1 aliphatic carbocycles. The number of likely N-dealkylation sites (N-methyl/N-ethyl adjacent to an activating group) is 1. The van der Waals surface area contributed by atoms with Crippen LogP contribution < -0.4 is 0 Å². The summed E-state index contributed by atoms with van der Waals surface area (Å²) < 4.78 is 3.93. The van der Waals surface area contributed by atoms with E-state index in [1.165, 1.54) is 40.6 Å². The molecule has 0 spiro atoms. The van der Waals surface area contributed by atoms with Crippen LogP contribution in [0.2, 0.25) is 0 Å². The van der Waals surface area contributed by atoms with Gasteiger partial charge in [0.05, 0.1) is 23.1 Å². The van der Waals surface area contributed by atoms with Crippen LogP contribution in [0, 0.1) is 0 Å². The molecule has 1 N–H and O–H groups in total. The summed E-state index contributed by atoms with van der Waals surface area (Å²) in [6, 6.07) is 12.8. The summed E-state index contributed by atoms with van der Waals surface area (Å²) in [5, 5.41) is 18.2. The van der Waals surface area contributed by atoms with Gasteiger partial charge in [0.15, 0.2) is 5.82 Å². The Balaban J connectivity index is 1.14. The summed E-state index contributed by atoms with van der Waals surface area (Å²) in [6.07, 6.45) is 8.43. The van der Waals surface area contributed by atoms with Crippen molar-refractivity contribution in [3.8, 4) is 17.1 Å². The van der Waals surface area contributed by atoms with Gasteiger partial charge in [-0.1, -0.05) is 13.0 Å². The third-order valence-electron chi connectivity index (χ3n) is 7.72. The van der Waals surface area contributed by atoms with Gasteiger partial charge in [-0.25, -0.2) is 9.67 Å². The second-order valence-electron chi connectivity index (χ2n) is 10.1. The van der Waals surface area contributed by atoms with Gasteiger partial charge in [-0.15, -0.1) is 0 Å². The van der Waals surface area contributed by atoms with Crippen LogP contribution in [0.4, 0.5) is 0 Å². The topological polar surface area (TPSA) is 80.5 Å². The van der Waals surface area contributed by atoms with Gasteiger partial charge >= 0.3 is 0 Å². The highest BCUT2D eigenvalue weighted by Gasteiger charge is 2.29. The monoisotopic (exact) mass is 478 g/mol. The number of nitrogens with zero attached hydrogens (tertiary/aromatic N) is 7. The van der Waals surface area contributed by atoms with E-state index in [-0.39, 0.29) is 0 Å². The third-order valence-corrected chi connectivity index (χ3v) is 7.72. The van der Waals surface area contributed by atoms with Crippen molar-refractivity contribution < 1.29 is 0 Å². The van der Waals surface area contributed by atoms with Gasteiger partial charge < -0.3 is 0 Å². The fourth-order valence-corrected chi connectivity index (χ4v) is 5.49. The van der Waals surface area contributed by atoms with Crippen molar-refractivity contribution in [1.29, 1.82) is 0 Å². The molecule has 8 heteroatoms. The van der Waals surface area contributed by atoms with Gasteiger partial charge in [0.1, 0.15) is 5.82 Å². The van der Waals surface area contributed by atoms with E-state index >= 15 is 0 Å². The minimum Gasteiger partial charge on any atom is -0.299 e. The number of aromatic nitrogens is 7. The first-order valence-electron chi connectivity index (χ1n) is 12.9. The number of nitrogens with one attached hydrogen (secondary N) is 1. The molecule has 1 aliphatic heterocycles. The van der Waals surface area contributed by atoms with Crippen LogP contribution >= 0.6 is 0 Å². The van der Waals surface area contributed by atoms with Crippen molar-refractivity contribution in [2.75, 3.05) is 13.1 Å². The highest BCUT2D eigenvalue weighted by atomic mass is 15.3. The maximum absolute atomic E-state index is 4.94. The van der Waals surface area contributed by atoms with Crippen LogP contribution in [0.5, 0.6) is 0 Å². The van der Waals surface area contributed by atoms with Gasteiger partial charge in [-0.3, -0.25) is 14.7 Å². The second kappa shape index (κ2) is 8.41. The quantitative estimate of drug-likeness (QED) is 0.392. The normalized spacial score (nSPS) is 16.1. The van der Waals surface area contributed by atoms with Gasteiger partial charge in [0.25, 0.3) is 0 Å². The standard InChI is InChI=1S/C28H30N8/c1-3-35-13-12-24-21(16-35)17-36(32-24)22-9-6-19(7-10-22)28-30-26(34(2)33-28)14-20-8-11-25-23(15-29-31-25)27(20)18-4-5-18/h6-11,15,17-18H,3-5,12-14,16H2,1-2H3,(H,29,31). The smallest absolute Gasteiger partial charge is 0.181 e. The summed E-state index contributed by atoms with van der Waals surface area (Å²) in [7, 11) is 1.99. The Morgan fingerprint density at radius 3 is 2.72 bits per heavy atom. The molecule has 2 aliphatic rings. The summed E-state index contributed by atoms with van der Waals surface area (Å²) in [6.45, 7) is 5.37. The Morgan fingerprint density at radius 1 is 1.06 bits per heavy atom. The van der Waals surface area contributed by atoms with E-state index in [2.05, 4.69) is 64.6 Å². The minimum atomic E-state index is 0.638. The average Bonchev–Trinajstić information content (AvgIpc) is 3.30. The Bertz CT molecular complexity index is 1550. The highest BCUT2D eigenvalue weighted by molar-refractivity contribution is 5.84. The van der Waals surface area contributed by atoms with E-state index < -0.39 is 0 Å². The van der Waals surface area contributed by atoms with Crippen molar-refractivity contribution in [3.63, 3.8) is 0 Å². The molecule has 0 amide bonds. The number of H-pyrrole nitrogens is 1. The number of rotatable bonds is 6. The maximum Gasteiger partial charge on any atom is 0.181 e. The average molecular weight is 479 g/mol. The molecule has 5 aromatic rings. The summed E-state index contributed by atoms with van der Waals surface area (Å²) >= 11 is 0. The molecule has 2 aromatic carbocycles. The second-order valence-corrected chi connectivity index (χ2v) is 10.1. The zero-order valence-corrected chi connectivity index (χ0v) is 20.8. The van der Waals surface area contributed by atoms with Crippen LogP contribution in [0.3, 0.4) is 0 Å².